The molecule has 5 heteroatoms. The van der Waals surface area contributed by atoms with Crippen LogP contribution in [0.4, 0.5) is 11.6 Å². The molecule has 3 rings (SSSR count). The molecule has 0 bridgehead atoms. The molecule has 1 atom stereocenters. The second kappa shape index (κ2) is 6.71. The molecule has 1 aromatic heterocycles. The van der Waals surface area contributed by atoms with Crippen LogP contribution in [-0.2, 0) is 0 Å². The highest BCUT2D eigenvalue weighted by molar-refractivity contribution is 7.99. The lowest BCUT2D eigenvalue weighted by molar-refractivity contribution is 0.973. The lowest BCUT2D eigenvalue weighted by Crippen LogP contribution is -2.03. The van der Waals surface area contributed by atoms with Crippen molar-refractivity contribution in [1.82, 2.24) is 9.97 Å². The molecular formula is C18H18N4S. The first-order valence-corrected chi connectivity index (χ1v) is 8.18. The molecule has 0 aliphatic carbocycles. The molecule has 1 heterocycles. The summed E-state index contributed by atoms with van der Waals surface area (Å²) in [5.74, 6) is 0.771. The van der Waals surface area contributed by atoms with E-state index in [-0.39, 0.29) is 5.25 Å². The van der Waals surface area contributed by atoms with E-state index < -0.39 is 0 Å². The SMILES string of the molecule is Cc1ccccc1[C@H](Sc1nc(N)cc(N)n1)c1ccccc1. The third kappa shape index (κ3) is 3.63. The van der Waals surface area contributed by atoms with E-state index in [0.29, 0.717) is 16.8 Å². The van der Waals surface area contributed by atoms with Crippen LogP contribution in [0.25, 0.3) is 0 Å². The van der Waals surface area contributed by atoms with Gasteiger partial charge in [-0.2, -0.15) is 0 Å². The van der Waals surface area contributed by atoms with E-state index in [1.165, 1.54) is 16.7 Å². The first-order valence-electron chi connectivity index (χ1n) is 7.30. The molecular weight excluding hydrogens is 304 g/mol. The number of hydrogen-bond acceptors (Lipinski definition) is 5. The second-order valence-electron chi connectivity index (χ2n) is 5.27. The fourth-order valence-electron chi connectivity index (χ4n) is 2.44. The normalized spacial score (nSPS) is 12.0. The number of hydrogen-bond donors (Lipinski definition) is 2. The highest BCUT2D eigenvalue weighted by atomic mass is 32.2. The van der Waals surface area contributed by atoms with E-state index in [1.54, 1.807) is 17.8 Å². The Bertz CT molecular complexity index is 785. The number of benzene rings is 2. The third-order valence-corrected chi connectivity index (χ3v) is 4.70. The Balaban J connectivity index is 2.04. The van der Waals surface area contributed by atoms with Gasteiger partial charge in [0.25, 0.3) is 0 Å². The van der Waals surface area contributed by atoms with Gasteiger partial charge in [0.05, 0.1) is 5.25 Å². The fraction of sp³-hybridized carbons (Fsp3) is 0.111. The molecule has 3 aromatic rings. The standard InChI is InChI=1S/C18H18N4S/c1-12-7-5-6-10-14(12)17(13-8-3-2-4-9-13)23-18-21-15(19)11-16(20)22-18/h2-11,17H,1H3,(H4,19,20,21,22)/t17-/m1/s1. The van der Waals surface area contributed by atoms with E-state index in [9.17, 15) is 0 Å². The van der Waals surface area contributed by atoms with Gasteiger partial charge in [-0.1, -0.05) is 66.4 Å². The molecule has 23 heavy (non-hydrogen) atoms. The molecule has 0 saturated carbocycles. The van der Waals surface area contributed by atoms with E-state index in [2.05, 4.69) is 41.2 Å². The zero-order valence-electron chi connectivity index (χ0n) is 12.8. The predicted octanol–water partition coefficient (Wildman–Crippen LogP) is 3.83. The molecule has 0 fully saturated rings. The summed E-state index contributed by atoms with van der Waals surface area (Å²) >= 11 is 1.56. The molecule has 0 saturated heterocycles. The van der Waals surface area contributed by atoms with Crippen LogP contribution in [0, 0.1) is 6.92 Å². The number of rotatable bonds is 4. The number of nitrogens with zero attached hydrogens (tertiary/aromatic N) is 2. The number of anilines is 2. The smallest absolute Gasteiger partial charge is 0.192 e. The first kappa shape index (κ1) is 15.4. The molecule has 0 radical (unpaired) electrons. The van der Waals surface area contributed by atoms with Crippen LogP contribution in [0.3, 0.4) is 0 Å². The Kier molecular flexibility index (Phi) is 4.48. The Hall–Kier alpha value is -2.53. The average molecular weight is 322 g/mol. The van der Waals surface area contributed by atoms with Crippen molar-refractivity contribution < 1.29 is 0 Å². The van der Waals surface area contributed by atoms with Crippen molar-refractivity contribution in [3.8, 4) is 0 Å². The van der Waals surface area contributed by atoms with Gasteiger partial charge < -0.3 is 11.5 Å². The molecule has 0 aliphatic heterocycles. The Labute approximate surface area is 140 Å². The van der Waals surface area contributed by atoms with Crippen LogP contribution in [0.2, 0.25) is 0 Å². The van der Waals surface area contributed by atoms with Crippen molar-refractivity contribution in [2.24, 2.45) is 0 Å². The number of aryl methyl sites for hydroxylation is 1. The van der Waals surface area contributed by atoms with Gasteiger partial charge in [-0.05, 0) is 23.6 Å². The molecule has 4 N–H and O–H groups in total. The highest BCUT2D eigenvalue weighted by Crippen LogP contribution is 2.40. The molecule has 116 valence electrons. The maximum Gasteiger partial charge on any atom is 0.192 e. The van der Waals surface area contributed by atoms with E-state index in [0.717, 1.165) is 0 Å². The molecule has 0 spiro atoms. The maximum atomic E-state index is 5.80. The topological polar surface area (TPSA) is 77.8 Å². The first-order chi connectivity index (χ1) is 11.1. The summed E-state index contributed by atoms with van der Waals surface area (Å²) in [5, 5.41) is 0.665. The van der Waals surface area contributed by atoms with E-state index in [1.807, 2.05) is 30.3 Å². The van der Waals surface area contributed by atoms with Gasteiger partial charge in [-0.15, -0.1) is 0 Å². The summed E-state index contributed by atoms with van der Waals surface area (Å²) < 4.78 is 0. The Morgan fingerprint density at radius 3 is 2.13 bits per heavy atom. The monoisotopic (exact) mass is 322 g/mol. The minimum atomic E-state index is 0.0820. The van der Waals surface area contributed by atoms with Gasteiger partial charge in [-0.25, -0.2) is 9.97 Å². The van der Waals surface area contributed by atoms with Gasteiger partial charge in [0.15, 0.2) is 5.16 Å². The number of nitrogen functional groups attached to an aromatic ring is 2. The van der Waals surface area contributed by atoms with Gasteiger partial charge >= 0.3 is 0 Å². The quantitative estimate of drug-likeness (QED) is 0.564. The summed E-state index contributed by atoms with van der Waals surface area (Å²) in [6.07, 6.45) is 0. The van der Waals surface area contributed by atoms with Crippen molar-refractivity contribution in [1.29, 1.82) is 0 Å². The molecule has 0 unspecified atom stereocenters. The Morgan fingerprint density at radius 2 is 1.48 bits per heavy atom. The minimum Gasteiger partial charge on any atom is -0.383 e. The maximum absolute atomic E-state index is 5.80. The Morgan fingerprint density at radius 1 is 0.870 bits per heavy atom. The van der Waals surface area contributed by atoms with Crippen molar-refractivity contribution in [2.45, 2.75) is 17.3 Å². The highest BCUT2D eigenvalue weighted by Gasteiger charge is 2.19. The number of nitrogens with two attached hydrogens (primary N) is 2. The largest absolute Gasteiger partial charge is 0.383 e. The molecule has 0 aliphatic rings. The zero-order valence-corrected chi connectivity index (χ0v) is 13.6. The van der Waals surface area contributed by atoms with Crippen molar-refractivity contribution in [2.75, 3.05) is 11.5 Å². The van der Waals surface area contributed by atoms with Gasteiger partial charge in [0, 0.05) is 6.07 Å². The van der Waals surface area contributed by atoms with Crippen LogP contribution in [0.1, 0.15) is 21.9 Å². The van der Waals surface area contributed by atoms with Crippen LogP contribution in [0.15, 0.2) is 65.8 Å². The van der Waals surface area contributed by atoms with Gasteiger partial charge in [0.2, 0.25) is 0 Å². The van der Waals surface area contributed by atoms with Gasteiger partial charge in [0.1, 0.15) is 11.6 Å². The molecule has 2 aromatic carbocycles. The summed E-state index contributed by atoms with van der Waals surface area (Å²) in [5.41, 5.74) is 15.2. The van der Waals surface area contributed by atoms with Crippen molar-refractivity contribution in [3.05, 3.63) is 77.4 Å². The zero-order chi connectivity index (χ0) is 16.2. The van der Waals surface area contributed by atoms with E-state index >= 15 is 0 Å². The summed E-state index contributed by atoms with van der Waals surface area (Å²) in [6.45, 7) is 2.11. The van der Waals surface area contributed by atoms with Gasteiger partial charge in [-0.3, -0.25) is 0 Å². The summed E-state index contributed by atoms with van der Waals surface area (Å²) in [6, 6.07) is 20.2. The van der Waals surface area contributed by atoms with Crippen LogP contribution in [-0.4, -0.2) is 9.97 Å². The molecule has 0 amide bonds. The summed E-state index contributed by atoms with van der Waals surface area (Å²) in [4.78, 5) is 8.61. The fourth-order valence-corrected chi connectivity index (χ4v) is 3.65. The predicted molar refractivity (Wildman–Crippen MR) is 96.2 cm³/mol. The minimum absolute atomic E-state index is 0.0820. The van der Waals surface area contributed by atoms with Crippen LogP contribution < -0.4 is 11.5 Å². The van der Waals surface area contributed by atoms with Crippen molar-refractivity contribution in [3.63, 3.8) is 0 Å². The van der Waals surface area contributed by atoms with E-state index in [4.69, 9.17) is 11.5 Å². The van der Waals surface area contributed by atoms with Crippen LogP contribution >= 0.6 is 11.8 Å². The van der Waals surface area contributed by atoms with Crippen LogP contribution in [0.5, 0.6) is 0 Å². The lowest BCUT2D eigenvalue weighted by Gasteiger charge is -2.19. The average Bonchev–Trinajstić information content (AvgIpc) is 2.53. The molecule has 4 nitrogen and oxygen atoms in total. The van der Waals surface area contributed by atoms with Crippen molar-refractivity contribution >= 4 is 23.4 Å². The number of aromatic nitrogens is 2. The lowest BCUT2D eigenvalue weighted by atomic mass is 10.0. The number of thioether (sulfide) groups is 1. The third-order valence-electron chi connectivity index (χ3n) is 3.54. The second-order valence-corrected chi connectivity index (χ2v) is 6.34. The summed E-state index contributed by atoms with van der Waals surface area (Å²) in [7, 11) is 0.